The number of rotatable bonds is 2. The lowest BCUT2D eigenvalue weighted by Gasteiger charge is -2.14. The summed E-state index contributed by atoms with van der Waals surface area (Å²) in [5.74, 6) is 2.78. The summed E-state index contributed by atoms with van der Waals surface area (Å²) in [4.78, 5) is 11.4. The number of nitrogens with two attached hydrogens (primary N) is 1. The van der Waals surface area contributed by atoms with E-state index < -0.39 is 0 Å². The van der Waals surface area contributed by atoms with Crippen molar-refractivity contribution in [2.45, 2.75) is 20.4 Å². The average Bonchev–Trinajstić information content (AvgIpc) is 2.85. The summed E-state index contributed by atoms with van der Waals surface area (Å²) in [7, 11) is 1.87. The maximum atomic E-state index is 5.98. The van der Waals surface area contributed by atoms with Gasteiger partial charge in [-0.15, -0.1) is 0 Å². The number of fused-ring (bicyclic) bond motifs is 1. The maximum absolute atomic E-state index is 5.98. The number of nitrogen functional groups attached to an aromatic ring is 1. The molecule has 0 aromatic carbocycles. The minimum atomic E-state index is 0.522. The van der Waals surface area contributed by atoms with Gasteiger partial charge in [-0.3, -0.25) is 9.58 Å². The minimum absolute atomic E-state index is 0.522. The monoisotopic (exact) mass is 260 g/mol. The van der Waals surface area contributed by atoms with Crippen LogP contribution in [0, 0.1) is 11.8 Å². The van der Waals surface area contributed by atoms with Crippen LogP contribution in [0.1, 0.15) is 19.7 Å². The highest BCUT2D eigenvalue weighted by molar-refractivity contribution is 5.84. The van der Waals surface area contributed by atoms with E-state index in [9.17, 15) is 0 Å². The number of aryl methyl sites for hydroxylation is 1. The third kappa shape index (κ3) is 2.16. The Morgan fingerprint density at radius 2 is 1.95 bits per heavy atom. The predicted molar refractivity (Wildman–Crippen MR) is 74.3 cm³/mol. The lowest BCUT2D eigenvalue weighted by Crippen LogP contribution is -2.22. The molecule has 0 spiro atoms. The lowest BCUT2D eigenvalue weighted by atomic mass is 10.0. The van der Waals surface area contributed by atoms with Gasteiger partial charge in [-0.25, -0.2) is 9.97 Å². The van der Waals surface area contributed by atoms with E-state index in [0.29, 0.717) is 5.82 Å². The van der Waals surface area contributed by atoms with Gasteiger partial charge in [-0.1, -0.05) is 13.8 Å². The molecule has 19 heavy (non-hydrogen) atoms. The highest BCUT2D eigenvalue weighted by atomic mass is 15.3. The molecule has 6 heteroatoms. The molecule has 3 heterocycles. The van der Waals surface area contributed by atoms with Gasteiger partial charge in [0, 0.05) is 20.1 Å². The molecule has 0 radical (unpaired) electrons. The molecule has 6 nitrogen and oxygen atoms in total. The van der Waals surface area contributed by atoms with Crippen molar-refractivity contribution < 1.29 is 0 Å². The van der Waals surface area contributed by atoms with Gasteiger partial charge in [0.15, 0.2) is 5.65 Å². The van der Waals surface area contributed by atoms with E-state index in [1.54, 1.807) is 10.9 Å². The summed E-state index contributed by atoms with van der Waals surface area (Å²) in [5.41, 5.74) is 6.78. The molecule has 0 aliphatic carbocycles. The van der Waals surface area contributed by atoms with E-state index in [0.717, 1.165) is 48.3 Å². The summed E-state index contributed by atoms with van der Waals surface area (Å²) in [6.07, 6.45) is 1.72. The van der Waals surface area contributed by atoms with Crippen LogP contribution in [0.4, 0.5) is 5.82 Å². The average molecular weight is 260 g/mol. The van der Waals surface area contributed by atoms with Gasteiger partial charge in [0.25, 0.3) is 0 Å². The maximum Gasteiger partial charge on any atom is 0.163 e. The summed E-state index contributed by atoms with van der Waals surface area (Å²) in [6, 6.07) is 0. The van der Waals surface area contributed by atoms with Crippen molar-refractivity contribution in [2.24, 2.45) is 18.9 Å². The van der Waals surface area contributed by atoms with Gasteiger partial charge in [-0.2, -0.15) is 5.10 Å². The molecule has 1 saturated heterocycles. The fraction of sp³-hybridized carbons (Fsp3) is 0.615. The molecular formula is C13H20N6. The molecule has 102 valence electrons. The highest BCUT2D eigenvalue weighted by Gasteiger charge is 2.26. The van der Waals surface area contributed by atoms with Crippen molar-refractivity contribution in [3.63, 3.8) is 0 Å². The van der Waals surface area contributed by atoms with Crippen LogP contribution in [-0.4, -0.2) is 37.7 Å². The molecule has 1 aliphatic rings. The van der Waals surface area contributed by atoms with Crippen molar-refractivity contribution in [3.05, 3.63) is 12.0 Å². The van der Waals surface area contributed by atoms with Crippen LogP contribution in [0.3, 0.4) is 0 Å². The Hall–Kier alpha value is -1.69. The Morgan fingerprint density at radius 3 is 2.63 bits per heavy atom. The van der Waals surface area contributed by atoms with E-state index in [2.05, 4.69) is 33.8 Å². The third-order valence-electron chi connectivity index (χ3n) is 4.10. The number of anilines is 1. The van der Waals surface area contributed by atoms with Crippen LogP contribution in [0.2, 0.25) is 0 Å². The first-order valence-electron chi connectivity index (χ1n) is 6.71. The molecule has 2 aromatic rings. The van der Waals surface area contributed by atoms with E-state index in [1.807, 2.05) is 7.05 Å². The fourth-order valence-corrected chi connectivity index (χ4v) is 2.74. The van der Waals surface area contributed by atoms with Crippen LogP contribution < -0.4 is 5.73 Å². The van der Waals surface area contributed by atoms with E-state index in [1.165, 1.54) is 0 Å². The quantitative estimate of drug-likeness (QED) is 0.873. The van der Waals surface area contributed by atoms with Crippen LogP contribution in [0.15, 0.2) is 6.20 Å². The standard InChI is InChI=1S/C13H20N6/c1-8-5-19(6-9(8)2)7-11-16-12(14)10-4-15-18(3)13(10)17-11/h4,8-9H,5-7H2,1-3H3,(H2,14,16,17). The molecule has 2 aromatic heterocycles. The molecule has 1 fully saturated rings. The smallest absolute Gasteiger partial charge is 0.163 e. The SMILES string of the molecule is CC1CN(Cc2nc(N)c3cnn(C)c3n2)CC1C. The van der Waals surface area contributed by atoms with Crippen LogP contribution in [-0.2, 0) is 13.6 Å². The second-order valence-electron chi connectivity index (χ2n) is 5.68. The molecule has 3 rings (SSSR count). The van der Waals surface area contributed by atoms with Gasteiger partial charge in [0.05, 0.1) is 18.1 Å². The highest BCUT2D eigenvalue weighted by Crippen LogP contribution is 2.24. The molecule has 2 N–H and O–H groups in total. The summed E-state index contributed by atoms with van der Waals surface area (Å²) in [6.45, 7) is 7.57. The molecule has 0 amide bonds. The lowest BCUT2D eigenvalue weighted by molar-refractivity contribution is 0.308. The second kappa shape index (κ2) is 4.45. The number of nitrogens with zero attached hydrogens (tertiary/aromatic N) is 5. The van der Waals surface area contributed by atoms with Crippen molar-refractivity contribution in [1.29, 1.82) is 0 Å². The third-order valence-corrected chi connectivity index (χ3v) is 4.10. The first-order valence-corrected chi connectivity index (χ1v) is 6.71. The van der Waals surface area contributed by atoms with Gasteiger partial charge < -0.3 is 5.73 Å². The first kappa shape index (κ1) is 12.3. The van der Waals surface area contributed by atoms with Gasteiger partial charge in [-0.05, 0) is 11.8 Å². The minimum Gasteiger partial charge on any atom is -0.383 e. The normalized spacial score (nSPS) is 24.4. The number of hydrogen-bond donors (Lipinski definition) is 1. The Morgan fingerprint density at radius 1 is 1.26 bits per heavy atom. The van der Waals surface area contributed by atoms with Gasteiger partial charge in [0.1, 0.15) is 11.6 Å². The van der Waals surface area contributed by atoms with Crippen molar-refractivity contribution in [1.82, 2.24) is 24.6 Å². The fourth-order valence-electron chi connectivity index (χ4n) is 2.74. The zero-order valence-corrected chi connectivity index (χ0v) is 11.7. The zero-order valence-electron chi connectivity index (χ0n) is 11.7. The Balaban J connectivity index is 1.87. The second-order valence-corrected chi connectivity index (χ2v) is 5.68. The number of likely N-dealkylation sites (tertiary alicyclic amines) is 1. The largest absolute Gasteiger partial charge is 0.383 e. The van der Waals surface area contributed by atoms with Gasteiger partial charge >= 0.3 is 0 Å². The Labute approximate surface area is 112 Å². The summed E-state index contributed by atoms with van der Waals surface area (Å²) >= 11 is 0. The molecule has 1 aliphatic heterocycles. The van der Waals surface area contributed by atoms with Gasteiger partial charge in [0.2, 0.25) is 0 Å². The van der Waals surface area contributed by atoms with E-state index in [4.69, 9.17) is 5.73 Å². The van der Waals surface area contributed by atoms with Crippen LogP contribution in [0.25, 0.3) is 11.0 Å². The van der Waals surface area contributed by atoms with Crippen molar-refractivity contribution in [3.8, 4) is 0 Å². The number of hydrogen-bond acceptors (Lipinski definition) is 5. The summed E-state index contributed by atoms with van der Waals surface area (Å²) in [5, 5.41) is 5.00. The van der Waals surface area contributed by atoms with Crippen LogP contribution >= 0.6 is 0 Å². The molecule has 2 unspecified atom stereocenters. The number of aromatic nitrogens is 4. The van der Waals surface area contributed by atoms with Crippen molar-refractivity contribution in [2.75, 3.05) is 18.8 Å². The van der Waals surface area contributed by atoms with E-state index >= 15 is 0 Å². The molecule has 2 atom stereocenters. The summed E-state index contributed by atoms with van der Waals surface area (Å²) < 4.78 is 1.74. The van der Waals surface area contributed by atoms with Crippen molar-refractivity contribution >= 4 is 16.9 Å². The molecule has 0 saturated carbocycles. The molecule has 0 bridgehead atoms. The topological polar surface area (TPSA) is 72.9 Å². The molecular weight excluding hydrogens is 240 g/mol. The predicted octanol–water partition coefficient (Wildman–Crippen LogP) is 1.03. The van der Waals surface area contributed by atoms with E-state index in [-0.39, 0.29) is 0 Å². The Bertz CT molecular complexity index is 594. The Kier molecular flexibility index (Phi) is 2.89. The first-order chi connectivity index (χ1) is 9.04. The van der Waals surface area contributed by atoms with Crippen LogP contribution in [0.5, 0.6) is 0 Å². The zero-order chi connectivity index (χ0) is 13.6.